The molecule has 0 aromatic heterocycles. The Kier molecular flexibility index (Phi) is 4.36. The molecule has 108 valence electrons. The first-order valence-electron chi connectivity index (χ1n) is 6.49. The summed E-state index contributed by atoms with van der Waals surface area (Å²) in [4.78, 5) is 23.1. The molecule has 1 aromatic carbocycles. The molecule has 1 aliphatic rings. The van der Waals surface area contributed by atoms with Gasteiger partial charge in [0.15, 0.2) is 0 Å². The van der Waals surface area contributed by atoms with E-state index in [9.17, 15) is 9.59 Å². The smallest absolute Gasteiger partial charge is 0.251 e. The summed E-state index contributed by atoms with van der Waals surface area (Å²) < 4.78 is 5.54. The summed E-state index contributed by atoms with van der Waals surface area (Å²) in [7, 11) is 1.57. The maximum atomic E-state index is 11.7. The fraction of sp³-hybridized carbons (Fsp3) is 0.429. The molecule has 1 fully saturated rings. The predicted molar refractivity (Wildman–Crippen MR) is 75.7 cm³/mol. The van der Waals surface area contributed by atoms with E-state index < -0.39 is 0 Å². The summed E-state index contributed by atoms with van der Waals surface area (Å²) >= 11 is 0. The molecule has 3 N–H and O–H groups in total. The highest BCUT2D eigenvalue weighted by Gasteiger charge is 2.32. The quantitative estimate of drug-likeness (QED) is 0.726. The van der Waals surface area contributed by atoms with Crippen molar-refractivity contribution in [3.05, 3.63) is 29.8 Å². The number of carbonyl (C=O) groups excluding carboxylic acids is 2. The third kappa shape index (κ3) is 3.55. The highest BCUT2D eigenvalue weighted by atomic mass is 16.5. The molecule has 0 spiro atoms. The van der Waals surface area contributed by atoms with Crippen LogP contribution < -0.4 is 16.0 Å². The molecular weight excluding hydrogens is 258 g/mol. The van der Waals surface area contributed by atoms with Crippen molar-refractivity contribution in [2.24, 2.45) is 0 Å². The summed E-state index contributed by atoms with van der Waals surface area (Å²) in [5.41, 5.74) is 0.957. The van der Waals surface area contributed by atoms with E-state index in [4.69, 9.17) is 4.74 Å². The summed E-state index contributed by atoms with van der Waals surface area (Å²) in [5, 5.41) is 8.37. The van der Waals surface area contributed by atoms with Gasteiger partial charge in [-0.3, -0.25) is 9.59 Å². The molecule has 1 saturated heterocycles. The van der Waals surface area contributed by atoms with Gasteiger partial charge >= 0.3 is 0 Å². The van der Waals surface area contributed by atoms with Gasteiger partial charge in [-0.25, -0.2) is 0 Å². The lowest BCUT2D eigenvalue weighted by atomic mass is 10.0. The molecule has 0 aliphatic carbocycles. The van der Waals surface area contributed by atoms with Crippen molar-refractivity contribution in [2.75, 3.05) is 32.1 Å². The van der Waals surface area contributed by atoms with E-state index >= 15 is 0 Å². The van der Waals surface area contributed by atoms with E-state index in [-0.39, 0.29) is 24.0 Å². The zero-order chi connectivity index (χ0) is 14.6. The van der Waals surface area contributed by atoms with Crippen LogP contribution in [-0.4, -0.2) is 44.2 Å². The number of benzene rings is 1. The zero-order valence-electron chi connectivity index (χ0n) is 11.7. The fourth-order valence-corrected chi connectivity index (χ4v) is 1.87. The number of carbonyl (C=O) groups is 2. The first kappa shape index (κ1) is 14.5. The van der Waals surface area contributed by atoms with Crippen LogP contribution in [0.3, 0.4) is 0 Å². The number of hydrogen-bond donors (Lipinski definition) is 3. The molecule has 0 saturated carbocycles. The molecule has 20 heavy (non-hydrogen) atoms. The molecule has 1 aliphatic heterocycles. The van der Waals surface area contributed by atoms with Gasteiger partial charge in [0.05, 0.1) is 5.60 Å². The van der Waals surface area contributed by atoms with Crippen molar-refractivity contribution < 1.29 is 14.3 Å². The van der Waals surface area contributed by atoms with Crippen molar-refractivity contribution in [1.82, 2.24) is 10.6 Å². The van der Waals surface area contributed by atoms with Crippen LogP contribution in [0.5, 0.6) is 0 Å². The van der Waals surface area contributed by atoms with Gasteiger partial charge in [0.1, 0.15) is 6.61 Å². The van der Waals surface area contributed by atoms with E-state index in [1.54, 1.807) is 31.3 Å². The van der Waals surface area contributed by atoms with Crippen molar-refractivity contribution in [2.45, 2.75) is 12.5 Å². The van der Waals surface area contributed by atoms with Crippen molar-refractivity contribution in [3.8, 4) is 0 Å². The van der Waals surface area contributed by atoms with Crippen LogP contribution in [0.25, 0.3) is 0 Å². The Bertz CT molecular complexity index is 495. The van der Waals surface area contributed by atoms with Crippen LogP contribution in [0.1, 0.15) is 17.3 Å². The molecule has 2 rings (SSSR count). The van der Waals surface area contributed by atoms with Gasteiger partial charge in [0.2, 0.25) is 5.91 Å². The second-order valence-electron chi connectivity index (χ2n) is 5.05. The minimum atomic E-state index is -0.236. The van der Waals surface area contributed by atoms with E-state index in [2.05, 4.69) is 16.0 Å². The average molecular weight is 277 g/mol. The van der Waals surface area contributed by atoms with Gasteiger partial charge in [-0.05, 0) is 31.2 Å². The van der Waals surface area contributed by atoms with Crippen LogP contribution >= 0.6 is 0 Å². The van der Waals surface area contributed by atoms with Crippen molar-refractivity contribution in [3.63, 3.8) is 0 Å². The van der Waals surface area contributed by atoms with Gasteiger partial charge in [-0.15, -0.1) is 0 Å². The Morgan fingerprint density at radius 2 is 1.95 bits per heavy atom. The van der Waals surface area contributed by atoms with Crippen molar-refractivity contribution >= 4 is 17.5 Å². The van der Waals surface area contributed by atoms with Gasteiger partial charge < -0.3 is 20.7 Å². The molecule has 0 unspecified atom stereocenters. The van der Waals surface area contributed by atoms with Crippen molar-refractivity contribution in [1.29, 1.82) is 0 Å². The number of ether oxygens (including phenoxy) is 1. The Morgan fingerprint density at radius 1 is 1.30 bits per heavy atom. The van der Waals surface area contributed by atoms with E-state index in [0.29, 0.717) is 11.3 Å². The number of hydrogen-bond acceptors (Lipinski definition) is 4. The van der Waals surface area contributed by atoms with E-state index in [1.165, 1.54) is 0 Å². The van der Waals surface area contributed by atoms with Gasteiger partial charge in [-0.2, -0.15) is 0 Å². The summed E-state index contributed by atoms with van der Waals surface area (Å²) in [6.45, 7) is 3.52. The lowest BCUT2D eigenvalue weighted by Crippen LogP contribution is -2.59. The average Bonchev–Trinajstić information content (AvgIpc) is 2.43. The standard InChI is InChI=1S/C14H19N3O3/c1-14(8-16-9-14)20-7-12(18)17-11-5-3-10(4-6-11)13(19)15-2/h3-6,16H,7-9H2,1-2H3,(H,15,19)(H,17,18). The van der Waals surface area contributed by atoms with E-state index in [1.807, 2.05) is 6.92 Å². The molecule has 6 heteroatoms. The van der Waals surface area contributed by atoms with Crippen LogP contribution in [0.15, 0.2) is 24.3 Å². The Hall–Kier alpha value is -1.92. The lowest BCUT2D eigenvalue weighted by Gasteiger charge is -2.38. The second kappa shape index (κ2) is 6.02. The maximum absolute atomic E-state index is 11.7. The van der Waals surface area contributed by atoms with Crippen LogP contribution in [0, 0.1) is 0 Å². The Morgan fingerprint density at radius 3 is 2.45 bits per heavy atom. The summed E-state index contributed by atoms with van der Waals surface area (Å²) in [6.07, 6.45) is 0. The molecule has 0 bridgehead atoms. The second-order valence-corrected chi connectivity index (χ2v) is 5.05. The third-order valence-electron chi connectivity index (χ3n) is 3.21. The predicted octanol–water partition coefficient (Wildman–Crippen LogP) is 0.363. The molecule has 0 atom stereocenters. The molecular formula is C14H19N3O3. The molecule has 0 radical (unpaired) electrons. The van der Waals surface area contributed by atoms with E-state index in [0.717, 1.165) is 13.1 Å². The zero-order valence-corrected chi connectivity index (χ0v) is 11.7. The van der Waals surface area contributed by atoms with Crippen LogP contribution in [-0.2, 0) is 9.53 Å². The first-order valence-corrected chi connectivity index (χ1v) is 6.49. The maximum Gasteiger partial charge on any atom is 0.251 e. The fourth-order valence-electron chi connectivity index (χ4n) is 1.87. The number of anilines is 1. The topological polar surface area (TPSA) is 79.5 Å². The highest BCUT2D eigenvalue weighted by Crippen LogP contribution is 2.15. The number of nitrogens with one attached hydrogen (secondary N) is 3. The normalized spacial score (nSPS) is 16.1. The Balaban J connectivity index is 1.83. The summed E-state index contributed by atoms with van der Waals surface area (Å²) in [6, 6.07) is 6.70. The Labute approximate surface area is 117 Å². The minimum Gasteiger partial charge on any atom is -0.363 e. The number of rotatable bonds is 5. The summed E-state index contributed by atoms with van der Waals surface area (Å²) in [5.74, 6) is -0.359. The lowest BCUT2D eigenvalue weighted by molar-refractivity contribution is -0.130. The molecule has 1 aromatic rings. The minimum absolute atomic E-state index is 0.0232. The van der Waals surface area contributed by atoms with Gasteiger partial charge in [0, 0.05) is 31.4 Å². The van der Waals surface area contributed by atoms with Crippen LogP contribution in [0.2, 0.25) is 0 Å². The molecule has 1 heterocycles. The van der Waals surface area contributed by atoms with Gasteiger partial charge in [-0.1, -0.05) is 0 Å². The highest BCUT2D eigenvalue weighted by molar-refractivity contribution is 5.95. The molecule has 2 amide bonds. The first-order chi connectivity index (χ1) is 9.52. The third-order valence-corrected chi connectivity index (χ3v) is 3.21. The largest absolute Gasteiger partial charge is 0.363 e. The SMILES string of the molecule is CNC(=O)c1ccc(NC(=O)COC2(C)CNC2)cc1. The number of amides is 2. The van der Waals surface area contributed by atoms with Crippen LogP contribution in [0.4, 0.5) is 5.69 Å². The van der Waals surface area contributed by atoms with Gasteiger partial charge in [0.25, 0.3) is 5.91 Å². The monoisotopic (exact) mass is 277 g/mol. The molecule has 6 nitrogen and oxygen atoms in total.